The van der Waals surface area contributed by atoms with E-state index in [0.29, 0.717) is 22.6 Å². The van der Waals surface area contributed by atoms with Gasteiger partial charge in [-0.25, -0.2) is 9.37 Å². The Morgan fingerprint density at radius 1 is 1.29 bits per heavy atom. The second-order valence-corrected chi connectivity index (χ2v) is 4.84. The van der Waals surface area contributed by atoms with Crippen LogP contribution in [0.15, 0.2) is 41.5 Å². The van der Waals surface area contributed by atoms with Crippen molar-refractivity contribution in [3.63, 3.8) is 0 Å². The topological polar surface area (TPSA) is 63.6 Å². The minimum absolute atomic E-state index is 0.262. The number of aromatic nitrogens is 4. The average Bonchev–Trinajstić information content (AvgIpc) is 2.84. The van der Waals surface area contributed by atoms with Gasteiger partial charge in [-0.1, -0.05) is 0 Å². The molecule has 0 aliphatic carbocycles. The van der Waals surface area contributed by atoms with Gasteiger partial charge < -0.3 is 4.98 Å². The van der Waals surface area contributed by atoms with Gasteiger partial charge in [-0.15, -0.1) is 0 Å². The van der Waals surface area contributed by atoms with Crippen molar-refractivity contribution in [3.8, 4) is 22.6 Å². The van der Waals surface area contributed by atoms with E-state index < -0.39 is 0 Å². The normalized spacial score (nSPS) is 10.8. The first-order valence-corrected chi connectivity index (χ1v) is 6.40. The summed E-state index contributed by atoms with van der Waals surface area (Å²) >= 11 is 0. The van der Waals surface area contributed by atoms with E-state index in [1.54, 1.807) is 37.1 Å². The molecule has 0 atom stereocenters. The number of halogens is 1. The lowest BCUT2D eigenvalue weighted by Crippen LogP contribution is -2.09. The molecule has 5 nitrogen and oxygen atoms in total. The zero-order valence-corrected chi connectivity index (χ0v) is 11.6. The largest absolute Gasteiger partial charge is 0.306 e. The monoisotopic (exact) mass is 284 g/mol. The van der Waals surface area contributed by atoms with Crippen LogP contribution in [0.5, 0.6) is 0 Å². The summed E-state index contributed by atoms with van der Waals surface area (Å²) in [5, 5.41) is 4.07. The zero-order chi connectivity index (χ0) is 15.0. The molecule has 21 heavy (non-hydrogen) atoms. The molecule has 0 amide bonds. The second kappa shape index (κ2) is 4.97. The van der Waals surface area contributed by atoms with Crippen molar-refractivity contribution in [1.82, 2.24) is 19.7 Å². The summed E-state index contributed by atoms with van der Waals surface area (Å²) in [6.45, 7) is 1.77. The van der Waals surface area contributed by atoms with Crippen LogP contribution in [0.3, 0.4) is 0 Å². The summed E-state index contributed by atoms with van der Waals surface area (Å²) in [5.41, 5.74) is 2.43. The van der Waals surface area contributed by atoms with Gasteiger partial charge >= 0.3 is 0 Å². The van der Waals surface area contributed by atoms with E-state index in [1.165, 1.54) is 18.2 Å². The molecule has 1 aromatic carbocycles. The van der Waals surface area contributed by atoms with Gasteiger partial charge in [-0.3, -0.25) is 9.48 Å². The fourth-order valence-corrected chi connectivity index (χ4v) is 2.18. The van der Waals surface area contributed by atoms with E-state index in [-0.39, 0.29) is 11.4 Å². The van der Waals surface area contributed by atoms with Crippen LogP contribution in [0.1, 0.15) is 5.56 Å². The van der Waals surface area contributed by atoms with Gasteiger partial charge in [0.15, 0.2) is 0 Å². The van der Waals surface area contributed by atoms with E-state index in [0.717, 1.165) is 5.56 Å². The minimum atomic E-state index is -0.318. The summed E-state index contributed by atoms with van der Waals surface area (Å²) in [6, 6.07) is 5.78. The predicted octanol–water partition coefficient (Wildman–Crippen LogP) is 2.28. The molecule has 6 heteroatoms. The number of aromatic amines is 1. The van der Waals surface area contributed by atoms with Crippen LogP contribution in [-0.2, 0) is 7.05 Å². The van der Waals surface area contributed by atoms with Crippen LogP contribution in [0.2, 0.25) is 0 Å². The van der Waals surface area contributed by atoms with Crippen LogP contribution in [0, 0.1) is 12.7 Å². The maximum Gasteiger partial charge on any atom is 0.251 e. The van der Waals surface area contributed by atoms with E-state index in [2.05, 4.69) is 15.1 Å². The molecule has 0 unspecified atom stereocenters. The quantitative estimate of drug-likeness (QED) is 0.785. The van der Waals surface area contributed by atoms with Gasteiger partial charge in [0.1, 0.15) is 11.6 Å². The molecule has 2 heterocycles. The summed E-state index contributed by atoms with van der Waals surface area (Å²) < 4.78 is 14.8. The number of hydrogen-bond donors (Lipinski definition) is 1. The molecule has 0 aliphatic rings. The van der Waals surface area contributed by atoms with Gasteiger partial charge in [-0.2, -0.15) is 5.10 Å². The minimum Gasteiger partial charge on any atom is -0.306 e. The standard InChI is InChI=1S/C15H13FN4O/c1-9-5-11(16)3-4-12(9)15-18-13(6-14(21)19-15)10-7-17-20(2)8-10/h3-8H,1-2H3,(H,18,19,21). The Hall–Kier alpha value is -2.76. The molecular weight excluding hydrogens is 271 g/mol. The molecule has 1 N–H and O–H groups in total. The van der Waals surface area contributed by atoms with Gasteiger partial charge in [-0.05, 0) is 30.7 Å². The third-order valence-electron chi connectivity index (χ3n) is 3.19. The number of benzene rings is 1. The Morgan fingerprint density at radius 2 is 2.10 bits per heavy atom. The summed E-state index contributed by atoms with van der Waals surface area (Å²) in [6.07, 6.45) is 3.42. The zero-order valence-electron chi connectivity index (χ0n) is 11.6. The maximum atomic E-state index is 13.2. The molecule has 3 rings (SSSR count). The van der Waals surface area contributed by atoms with Crippen molar-refractivity contribution >= 4 is 0 Å². The molecule has 0 radical (unpaired) electrons. The number of hydrogen-bond acceptors (Lipinski definition) is 3. The van der Waals surface area contributed by atoms with Crippen LogP contribution >= 0.6 is 0 Å². The molecule has 0 aliphatic heterocycles. The smallest absolute Gasteiger partial charge is 0.251 e. The first-order valence-electron chi connectivity index (χ1n) is 6.40. The fraction of sp³-hybridized carbons (Fsp3) is 0.133. The van der Waals surface area contributed by atoms with E-state index in [1.807, 2.05) is 0 Å². The maximum absolute atomic E-state index is 13.2. The highest BCUT2D eigenvalue weighted by Crippen LogP contribution is 2.22. The first kappa shape index (κ1) is 13.2. The molecule has 2 aromatic heterocycles. The van der Waals surface area contributed by atoms with E-state index in [4.69, 9.17) is 0 Å². The summed E-state index contributed by atoms with van der Waals surface area (Å²) in [5.74, 6) is 0.0980. The highest BCUT2D eigenvalue weighted by Gasteiger charge is 2.10. The van der Waals surface area contributed by atoms with Crippen LogP contribution in [0.25, 0.3) is 22.6 Å². The van der Waals surface area contributed by atoms with Crippen molar-refractivity contribution < 1.29 is 4.39 Å². The Bertz CT molecular complexity index is 866. The Balaban J connectivity index is 2.16. The molecule has 0 bridgehead atoms. The van der Waals surface area contributed by atoms with Gasteiger partial charge in [0, 0.05) is 30.4 Å². The molecular formula is C15H13FN4O. The summed E-state index contributed by atoms with van der Waals surface area (Å²) in [4.78, 5) is 19.0. The fourth-order valence-electron chi connectivity index (χ4n) is 2.18. The lowest BCUT2D eigenvalue weighted by Gasteiger charge is -2.06. The SMILES string of the molecule is Cc1cc(F)ccc1-c1nc(-c2cnn(C)c2)cc(=O)[nH]1. The predicted molar refractivity (Wildman–Crippen MR) is 77.2 cm³/mol. The lowest BCUT2D eigenvalue weighted by atomic mass is 10.1. The molecule has 0 spiro atoms. The third-order valence-corrected chi connectivity index (χ3v) is 3.19. The van der Waals surface area contributed by atoms with Crippen LogP contribution < -0.4 is 5.56 Å². The van der Waals surface area contributed by atoms with E-state index >= 15 is 0 Å². The number of nitrogens with one attached hydrogen (secondary N) is 1. The second-order valence-electron chi connectivity index (χ2n) is 4.84. The summed E-state index contributed by atoms with van der Waals surface area (Å²) in [7, 11) is 1.79. The van der Waals surface area contributed by atoms with Crippen molar-refractivity contribution in [2.45, 2.75) is 6.92 Å². The highest BCUT2D eigenvalue weighted by atomic mass is 19.1. The Morgan fingerprint density at radius 3 is 2.76 bits per heavy atom. The molecule has 3 aromatic rings. The van der Waals surface area contributed by atoms with Crippen LogP contribution in [-0.4, -0.2) is 19.7 Å². The Kier molecular flexibility index (Phi) is 3.13. The lowest BCUT2D eigenvalue weighted by molar-refractivity contribution is 0.627. The highest BCUT2D eigenvalue weighted by molar-refractivity contribution is 5.64. The van der Waals surface area contributed by atoms with E-state index in [9.17, 15) is 9.18 Å². The number of nitrogens with zero attached hydrogens (tertiary/aromatic N) is 3. The number of aryl methyl sites for hydroxylation is 2. The number of H-pyrrole nitrogens is 1. The molecule has 0 saturated heterocycles. The third kappa shape index (κ3) is 2.60. The van der Waals surface area contributed by atoms with Crippen molar-refractivity contribution in [1.29, 1.82) is 0 Å². The van der Waals surface area contributed by atoms with Crippen molar-refractivity contribution in [2.24, 2.45) is 7.05 Å². The van der Waals surface area contributed by atoms with Gasteiger partial charge in [0.2, 0.25) is 0 Å². The van der Waals surface area contributed by atoms with Crippen molar-refractivity contribution in [3.05, 3.63) is 58.4 Å². The van der Waals surface area contributed by atoms with Gasteiger partial charge in [0.05, 0.1) is 11.9 Å². The average molecular weight is 284 g/mol. The number of rotatable bonds is 2. The Labute approximate surface area is 120 Å². The van der Waals surface area contributed by atoms with Gasteiger partial charge in [0.25, 0.3) is 5.56 Å². The molecule has 106 valence electrons. The van der Waals surface area contributed by atoms with Crippen LogP contribution in [0.4, 0.5) is 4.39 Å². The molecule has 0 fully saturated rings. The first-order chi connectivity index (χ1) is 10.0. The molecule has 0 saturated carbocycles. The van der Waals surface area contributed by atoms with Crippen molar-refractivity contribution in [2.75, 3.05) is 0 Å².